The van der Waals surface area contributed by atoms with E-state index in [-0.39, 0.29) is 0 Å². The minimum Gasteiger partial charge on any atom is -0.378 e. The maximum atomic E-state index is 3.47. The van der Waals surface area contributed by atoms with Crippen LogP contribution in [0.2, 0.25) is 0 Å². The highest BCUT2D eigenvalue weighted by Gasteiger charge is 2.05. The topological polar surface area (TPSA) is 12.0 Å². The Bertz CT molecular complexity index is 425. The van der Waals surface area contributed by atoms with Gasteiger partial charge in [-0.05, 0) is 36.6 Å². The number of rotatable bonds is 3. The lowest BCUT2D eigenvalue weighted by Crippen LogP contribution is -2.04. The van der Waals surface area contributed by atoms with Gasteiger partial charge >= 0.3 is 0 Å². The van der Waals surface area contributed by atoms with Gasteiger partial charge in [0, 0.05) is 15.0 Å². The quantitative estimate of drug-likeness (QED) is 0.861. The van der Waals surface area contributed by atoms with Gasteiger partial charge in [-0.25, -0.2) is 0 Å². The van der Waals surface area contributed by atoms with Crippen LogP contribution in [0.4, 0.5) is 5.69 Å². The lowest BCUT2D eigenvalue weighted by molar-refractivity contribution is 0.908. The average molecular weight is 282 g/mol. The Balaban J connectivity index is 2.09. The fourth-order valence-electron chi connectivity index (χ4n) is 1.44. The van der Waals surface area contributed by atoms with Crippen LogP contribution >= 0.6 is 27.3 Å². The van der Waals surface area contributed by atoms with Crippen LogP contribution in [0.1, 0.15) is 17.8 Å². The van der Waals surface area contributed by atoms with Crippen molar-refractivity contribution < 1.29 is 0 Å². The number of hydrogen-bond donors (Lipinski definition) is 1. The summed E-state index contributed by atoms with van der Waals surface area (Å²) >= 11 is 5.24. The van der Waals surface area contributed by atoms with E-state index in [2.05, 4.69) is 57.8 Å². The predicted octanol–water partition coefficient (Wildman–Crippen LogP) is 4.68. The van der Waals surface area contributed by atoms with Gasteiger partial charge in [-0.2, -0.15) is 0 Å². The third-order valence-electron chi connectivity index (χ3n) is 2.18. The summed E-state index contributed by atoms with van der Waals surface area (Å²) in [4.78, 5) is 1.36. The van der Waals surface area contributed by atoms with E-state index in [1.54, 1.807) is 11.3 Å². The molecule has 15 heavy (non-hydrogen) atoms. The van der Waals surface area contributed by atoms with Gasteiger partial charge in [0.15, 0.2) is 0 Å². The molecule has 0 aliphatic rings. The van der Waals surface area contributed by atoms with E-state index in [0.717, 1.165) is 10.2 Å². The smallest absolute Gasteiger partial charge is 0.0578 e. The van der Waals surface area contributed by atoms with Crippen LogP contribution in [-0.4, -0.2) is 0 Å². The van der Waals surface area contributed by atoms with Gasteiger partial charge in [0.25, 0.3) is 0 Å². The first-order valence-electron chi connectivity index (χ1n) is 4.81. The molecule has 0 fully saturated rings. The molecule has 0 aliphatic heterocycles. The summed E-state index contributed by atoms with van der Waals surface area (Å²) < 4.78 is 1.10. The minimum atomic E-state index is 0.360. The van der Waals surface area contributed by atoms with Crippen LogP contribution in [0.3, 0.4) is 0 Å². The van der Waals surface area contributed by atoms with Crippen LogP contribution in [0.5, 0.6) is 0 Å². The molecule has 78 valence electrons. The number of benzene rings is 1. The van der Waals surface area contributed by atoms with Crippen molar-refractivity contribution in [2.75, 3.05) is 5.32 Å². The molecular weight excluding hydrogens is 270 g/mol. The third-order valence-corrected chi connectivity index (χ3v) is 3.73. The summed E-state index contributed by atoms with van der Waals surface area (Å²) in [5.41, 5.74) is 1.14. The molecule has 0 saturated heterocycles. The van der Waals surface area contributed by atoms with Gasteiger partial charge in [0.2, 0.25) is 0 Å². The highest BCUT2D eigenvalue weighted by atomic mass is 79.9. The van der Waals surface area contributed by atoms with Crippen LogP contribution in [0, 0.1) is 0 Å². The molecule has 1 aromatic heterocycles. The van der Waals surface area contributed by atoms with E-state index < -0.39 is 0 Å². The largest absolute Gasteiger partial charge is 0.378 e. The van der Waals surface area contributed by atoms with Crippen LogP contribution in [0.15, 0.2) is 46.3 Å². The fraction of sp³-hybridized carbons (Fsp3) is 0.167. The van der Waals surface area contributed by atoms with Gasteiger partial charge in [-0.15, -0.1) is 11.3 Å². The molecule has 0 spiro atoms. The molecule has 0 unspecified atom stereocenters. The second kappa shape index (κ2) is 4.81. The van der Waals surface area contributed by atoms with E-state index in [1.807, 2.05) is 12.1 Å². The maximum absolute atomic E-state index is 3.47. The van der Waals surface area contributed by atoms with Crippen molar-refractivity contribution in [3.63, 3.8) is 0 Å². The summed E-state index contributed by atoms with van der Waals surface area (Å²) in [7, 11) is 0. The average Bonchev–Trinajstić information content (AvgIpc) is 2.70. The molecule has 0 radical (unpaired) electrons. The van der Waals surface area contributed by atoms with Crippen molar-refractivity contribution in [1.29, 1.82) is 0 Å². The Morgan fingerprint density at radius 1 is 1.27 bits per heavy atom. The minimum absolute atomic E-state index is 0.360. The Labute approximate surface area is 102 Å². The molecule has 0 amide bonds. The first kappa shape index (κ1) is 10.7. The Hall–Kier alpha value is -0.800. The predicted molar refractivity (Wildman–Crippen MR) is 70.5 cm³/mol. The maximum Gasteiger partial charge on any atom is 0.0578 e. The van der Waals surface area contributed by atoms with Gasteiger partial charge in [-0.1, -0.05) is 28.1 Å². The van der Waals surface area contributed by atoms with Crippen molar-refractivity contribution in [2.24, 2.45) is 0 Å². The van der Waals surface area contributed by atoms with Gasteiger partial charge in [0.1, 0.15) is 0 Å². The molecular formula is C12H12BrNS. The molecule has 2 aromatic rings. The zero-order chi connectivity index (χ0) is 10.7. The standard InChI is InChI=1S/C12H12BrNS/c1-9(12-6-3-7-15-12)14-11-5-2-4-10(13)8-11/h2-9,14H,1H3/t9-/m0/s1. The molecule has 3 heteroatoms. The first-order valence-corrected chi connectivity index (χ1v) is 6.48. The lowest BCUT2D eigenvalue weighted by Gasteiger charge is -2.13. The molecule has 1 aromatic carbocycles. The van der Waals surface area contributed by atoms with Crippen molar-refractivity contribution >= 4 is 33.0 Å². The van der Waals surface area contributed by atoms with Crippen LogP contribution in [-0.2, 0) is 0 Å². The monoisotopic (exact) mass is 281 g/mol. The molecule has 1 heterocycles. The summed E-state index contributed by atoms with van der Waals surface area (Å²) in [6, 6.07) is 12.8. The Kier molecular flexibility index (Phi) is 3.44. The van der Waals surface area contributed by atoms with Gasteiger partial charge in [-0.3, -0.25) is 0 Å². The zero-order valence-corrected chi connectivity index (χ0v) is 10.8. The fourth-order valence-corrected chi connectivity index (χ4v) is 2.57. The second-order valence-electron chi connectivity index (χ2n) is 3.39. The zero-order valence-electron chi connectivity index (χ0n) is 8.41. The highest BCUT2D eigenvalue weighted by Crippen LogP contribution is 2.24. The number of nitrogens with one attached hydrogen (secondary N) is 1. The first-order chi connectivity index (χ1) is 7.25. The van der Waals surface area contributed by atoms with E-state index in [1.165, 1.54) is 4.88 Å². The normalized spacial score (nSPS) is 12.4. The number of hydrogen-bond acceptors (Lipinski definition) is 2. The van der Waals surface area contributed by atoms with Crippen molar-refractivity contribution in [1.82, 2.24) is 0 Å². The Morgan fingerprint density at radius 2 is 2.13 bits per heavy atom. The molecule has 0 saturated carbocycles. The third kappa shape index (κ3) is 2.83. The van der Waals surface area contributed by atoms with Crippen LogP contribution in [0.25, 0.3) is 0 Å². The summed E-state index contributed by atoms with van der Waals surface area (Å²) in [6.07, 6.45) is 0. The van der Waals surface area contributed by atoms with E-state index >= 15 is 0 Å². The number of halogens is 1. The van der Waals surface area contributed by atoms with E-state index in [0.29, 0.717) is 6.04 Å². The molecule has 1 atom stereocenters. The van der Waals surface area contributed by atoms with E-state index in [4.69, 9.17) is 0 Å². The molecule has 0 bridgehead atoms. The molecule has 1 nitrogen and oxygen atoms in total. The summed E-state index contributed by atoms with van der Waals surface area (Å²) in [5.74, 6) is 0. The summed E-state index contributed by atoms with van der Waals surface area (Å²) in [5, 5.41) is 5.57. The lowest BCUT2D eigenvalue weighted by atomic mass is 10.2. The Morgan fingerprint density at radius 3 is 2.80 bits per heavy atom. The molecule has 2 rings (SSSR count). The SMILES string of the molecule is C[C@H](Nc1cccc(Br)c1)c1cccs1. The number of thiophene rings is 1. The number of anilines is 1. The molecule has 1 N–H and O–H groups in total. The van der Waals surface area contributed by atoms with Crippen molar-refractivity contribution in [2.45, 2.75) is 13.0 Å². The van der Waals surface area contributed by atoms with Gasteiger partial charge < -0.3 is 5.32 Å². The highest BCUT2D eigenvalue weighted by molar-refractivity contribution is 9.10. The van der Waals surface area contributed by atoms with Crippen LogP contribution < -0.4 is 5.32 Å². The van der Waals surface area contributed by atoms with Crippen molar-refractivity contribution in [3.8, 4) is 0 Å². The molecule has 0 aliphatic carbocycles. The summed E-state index contributed by atoms with van der Waals surface area (Å²) in [6.45, 7) is 2.17. The van der Waals surface area contributed by atoms with Crippen molar-refractivity contribution in [3.05, 3.63) is 51.1 Å². The van der Waals surface area contributed by atoms with Gasteiger partial charge in [0.05, 0.1) is 6.04 Å². The second-order valence-corrected chi connectivity index (χ2v) is 5.29. The van der Waals surface area contributed by atoms with E-state index in [9.17, 15) is 0 Å².